The highest BCUT2D eigenvalue weighted by Crippen LogP contribution is 2.41. The van der Waals surface area contributed by atoms with Crippen LogP contribution in [-0.2, 0) is 17.9 Å². The van der Waals surface area contributed by atoms with Gasteiger partial charge in [0, 0.05) is 27.6 Å². The Labute approximate surface area is 202 Å². The van der Waals surface area contributed by atoms with Gasteiger partial charge in [-0.2, -0.15) is 0 Å². The number of carbonyl (C=O) groups is 1. The van der Waals surface area contributed by atoms with Crippen LogP contribution in [0.3, 0.4) is 0 Å². The molecule has 2 heterocycles. The van der Waals surface area contributed by atoms with Gasteiger partial charge in [0.05, 0.1) is 28.7 Å². The predicted molar refractivity (Wildman–Crippen MR) is 125 cm³/mol. The fourth-order valence-corrected chi connectivity index (χ4v) is 4.48. The first-order valence-electron chi connectivity index (χ1n) is 10.1. The van der Waals surface area contributed by atoms with Gasteiger partial charge in [0.25, 0.3) is 0 Å². The molecule has 0 atom stereocenters. The highest BCUT2D eigenvalue weighted by Gasteiger charge is 2.24. The van der Waals surface area contributed by atoms with Crippen LogP contribution in [0.5, 0.6) is 11.6 Å². The van der Waals surface area contributed by atoms with Crippen LogP contribution >= 0.6 is 23.2 Å². The number of carbonyl (C=O) groups excluding carboxylic acids is 1. The summed E-state index contributed by atoms with van der Waals surface area (Å²) in [6, 6.07) is 11.9. The molecule has 0 aliphatic carbocycles. The summed E-state index contributed by atoms with van der Waals surface area (Å²) in [4.78, 5) is 24.6. The molecule has 1 aliphatic rings. The number of halogens is 3. The Morgan fingerprint density at radius 3 is 2.79 bits per heavy atom. The van der Waals surface area contributed by atoms with Crippen molar-refractivity contribution in [3.63, 3.8) is 0 Å². The fraction of sp³-hybridized carbons (Fsp3) is 0.125. The summed E-state index contributed by atoms with van der Waals surface area (Å²) < 4.78 is 26.4. The molecule has 10 heteroatoms. The number of aromatic hydroxyl groups is 1. The normalized spacial score (nSPS) is 12.9. The molecular weight excluding hydrogens is 486 g/mol. The summed E-state index contributed by atoms with van der Waals surface area (Å²) in [5, 5.41) is 14.3. The van der Waals surface area contributed by atoms with Gasteiger partial charge in [-0.05, 0) is 47.6 Å². The van der Waals surface area contributed by atoms with E-state index >= 15 is 0 Å². The Morgan fingerprint density at radius 2 is 2.00 bits per heavy atom. The van der Waals surface area contributed by atoms with E-state index in [2.05, 4.69) is 5.18 Å². The first-order valence-corrected chi connectivity index (χ1v) is 10.8. The van der Waals surface area contributed by atoms with Crippen LogP contribution < -0.4 is 4.74 Å². The lowest BCUT2D eigenvalue weighted by atomic mass is 10.0. The lowest BCUT2D eigenvalue weighted by molar-refractivity contribution is -0.0173. The molecule has 3 aromatic carbocycles. The van der Waals surface area contributed by atoms with Crippen molar-refractivity contribution >= 4 is 45.6 Å². The minimum absolute atomic E-state index is 0.00857. The molecule has 172 valence electrons. The van der Waals surface area contributed by atoms with Gasteiger partial charge in [-0.1, -0.05) is 29.3 Å². The molecule has 7 nitrogen and oxygen atoms in total. The van der Waals surface area contributed by atoms with Gasteiger partial charge in [-0.3, -0.25) is 4.79 Å². The lowest BCUT2D eigenvalue weighted by Gasteiger charge is -2.21. The maximum absolute atomic E-state index is 14.2. The number of benzene rings is 3. The largest absolute Gasteiger partial charge is 0.493 e. The second-order valence-corrected chi connectivity index (χ2v) is 8.46. The van der Waals surface area contributed by atoms with Crippen molar-refractivity contribution in [1.82, 2.24) is 4.57 Å². The zero-order valence-electron chi connectivity index (χ0n) is 17.3. The Bertz CT molecular complexity index is 1480. The van der Waals surface area contributed by atoms with Gasteiger partial charge in [-0.15, -0.1) is 4.91 Å². The number of hydrogen-bond donors (Lipinski definition) is 1. The predicted octanol–water partition coefficient (Wildman–Crippen LogP) is 6.34. The third-order valence-corrected chi connectivity index (χ3v) is 6.46. The molecule has 0 radical (unpaired) electrons. The number of fused-ring (bicyclic) bond motifs is 2. The van der Waals surface area contributed by atoms with Gasteiger partial charge < -0.3 is 19.1 Å². The second kappa shape index (κ2) is 8.72. The molecule has 1 aromatic heterocycles. The summed E-state index contributed by atoms with van der Waals surface area (Å²) in [7, 11) is 0. The van der Waals surface area contributed by atoms with Crippen molar-refractivity contribution in [2.24, 2.45) is 5.18 Å². The van der Waals surface area contributed by atoms with E-state index in [1.807, 2.05) is 0 Å². The summed E-state index contributed by atoms with van der Waals surface area (Å²) in [6.45, 7) is 0.200. The third-order valence-electron chi connectivity index (χ3n) is 5.64. The van der Waals surface area contributed by atoms with Gasteiger partial charge in [0.1, 0.15) is 11.6 Å². The molecule has 0 amide bonds. The number of nitroso groups, excluding NO2 is 1. The average Bonchev–Trinajstić information content (AvgIpc) is 3.10. The standard InChI is InChI=1S/C24H15Cl2FN2O5/c25-18-3-1-2-16(20(18)26)22(30)12-4-5-19-17(8-12)21(28-32)24(31)29(19)9-13-6-15(27)7-14-10-33-11-34-23(13)14/h1-8,31H,9-11H2. The average molecular weight is 501 g/mol. The molecule has 0 saturated carbocycles. The molecular formula is C24H15Cl2FN2O5. The topological polar surface area (TPSA) is 90.1 Å². The van der Waals surface area contributed by atoms with Crippen LogP contribution in [-0.4, -0.2) is 22.2 Å². The summed E-state index contributed by atoms with van der Waals surface area (Å²) in [6.07, 6.45) is 0. The van der Waals surface area contributed by atoms with Gasteiger partial charge in [-0.25, -0.2) is 4.39 Å². The van der Waals surface area contributed by atoms with E-state index in [4.69, 9.17) is 32.7 Å². The van der Waals surface area contributed by atoms with Crippen molar-refractivity contribution in [2.45, 2.75) is 13.2 Å². The maximum Gasteiger partial charge on any atom is 0.222 e. The molecule has 0 bridgehead atoms. The van der Waals surface area contributed by atoms with E-state index in [-0.39, 0.29) is 52.2 Å². The van der Waals surface area contributed by atoms with Gasteiger partial charge >= 0.3 is 0 Å². The number of hydrogen-bond acceptors (Lipinski definition) is 6. The first-order chi connectivity index (χ1) is 16.4. The molecule has 34 heavy (non-hydrogen) atoms. The minimum Gasteiger partial charge on any atom is -0.493 e. The molecule has 0 fully saturated rings. The third kappa shape index (κ3) is 3.69. The smallest absolute Gasteiger partial charge is 0.222 e. The van der Waals surface area contributed by atoms with Crippen LogP contribution in [0.4, 0.5) is 10.1 Å². The maximum atomic E-state index is 14.2. The Balaban J connectivity index is 1.61. The Morgan fingerprint density at radius 1 is 1.18 bits per heavy atom. The number of aromatic nitrogens is 1. The van der Waals surface area contributed by atoms with Gasteiger partial charge in [0.2, 0.25) is 5.88 Å². The summed E-state index contributed by atoms with van der Waals surface area (Å²) >= 11 is 12.2. The quantitative estimate of drug-likeness (QED) is 0.255. The van der Waals surface area contributed by atoms with E-state index in [1.165, 1.54) is 28.8 Å². The highest BCUT2D eigenvalue weighted by molar-refractivity contribution is 6.44. The molecule has 4 aromatic rings. The van der Waals surface area contributed by atoms with E-state index in [1.54, 1.807) is 24.3 Å². The van der Waals surface area contributed by atoms with E-state index in [0.29, 0.717) is 22.4 Å². The van der Waals surface area contributed by atoms with Crippen molar-refractivity contribution in [2.75, 3.05) is 6.79 Å². The van der Waals surface area contributed by atoms with Crippen molar-refractivity contribution in [3.8, 4) is 11.6 Å². The van der Waals surface area contributed by atoms with Crippen molar-refractivity contribution in [3.05, 3.63) is 91.6 Å². The van der Waals surface area contributed by atoms with Crippen LogP contribution in [0.2, 0.25) is 10.0 Å². The number of ketones is 1. The molecule has 5 rings (SSSR count). The number of rotatable bonds is 5. The van der Waals surface area contributed by atoms with E-state index in [9.17, 15) is 19.2 Å². The van der Waals surface area contributed by atoms with Crippen LogP contribution in [0.15, 0.2) is 53.7 Å². The van der Waals surface area contributed by atoms with Crippen LogP contribution in [0.1, 0.15) is 27.0 Å². The zero-order chi connectivity index (χ0) is 24.0. The molecule has 1 aliphatic heterocycles. The Hall–Kier alpha value is -3.46. The SMILES string of the molecule is O=Nc1c(O)n(Cc2cc(F)cc3c2OCOC3)c2ccc(C(=O)c3cccc(Cl)c3Cl)cc12. The van der Waals surface area contributed by atoms with Crippen molar-refractivity contribution < 1.29 is 23.8 Å². The molecule has 0 unspecified atom stereocenters. The Kier molecular flexibility index (Phi) is 5.73. The summed E-state index contributed by atoms with van der Waals surface area (Å²) in [5.74, 6) is -0.859. The molecule has 1 N–H and O–H groups in total. The lowest BCUT2D eigenvalue weighted by Crippen LogP contribution is -2.14. The van der Waals surface area contributed by atoms with E-state index < -0.39 is 17.5 Å². The van der Waals surface area contributed by atoms with E-state index in [0.717, 1.165) is 0 Å². The van der Waals surface area contributed by atoms with Crippen LogP contribution in [0, 0.1) is 10.7 Å². The molecule has 0 spiro atoms. The number of nitrogens with zero attached hydrogens (tertiary/aromatic N) is 2. The fourth-order valence-electron chi connectivity index (χ4n) is 4.09. The summed E-state index contributed by atoms with van der Waals surface area (Å²) in [5.41, 5.74) is 1.60. The van der Waals surface area contributed by atoms with Gasteiger partial charge in [0.15, 0.2) is 18.3 Å². The highest BCUT2D eigenvalue weighted by atomic mass is 35.5. The molecule has 0 saturated heterocycles. The first kappa shape index (κ1) is 22.3. The minimum atomic E-state index is -0.487. The van der Waals surface area contributed by atoms with Crippen LogP contribution in [0.25, 0.3) is 10.9 Å². The zero-order valence-corrected chi connectivity index (χ0v) is 18.9. The second-order valence-electron chi connectivity index (χ2n) is 7.68. The number of ether oxygens (including phenoxy) is 2. The van der Waals surface area contributed by atoms with Crippen molar-refractivity contribution in [1.29, 1.82) is 0 Å². The monoisotopic (exact) mass is 500 g/mol.